The van der Waals surface area contributed by atoms with E-state index >= 15 is 0 Å². The molecule has 9 rings (SSSR count). The van der Waals surface area contributed by atoms with Crippen LogP contribution in [-0.4, -0.2) is 0 Å². The molecule has 0 unspecified atom stereocenters. The normalized spacial score (nSPS) is 13.4. The number of anilines is 2. The fraction of sp³-hybridized carbons (Fsp3) is 0.143. The van der Waals surface area contributed by atoms with E-state index in [1.807, 2.05) is 0 Å². The summed E-state index contributed by atoms with van der Waals surface area (Å²) in [6, 6.07) is 56.2. The van der Waals surface area contributed by atoms with E-state index in [1.165, 1.54) is 76.8 Å². The number of nitrogens with one attached hydrogen (secondary N) is 1. The van der Waals surface area contributed by atoms with Gasteiger partial charge in [-0.25, -0.2) is 0 Å². The Morgan fingerprint density at radius 3 is 2.04 bits per heavy atom. The molecule has 0 saturated carbocycles. The molecule has 8 aromatic carbocycles. The van der Waals surface area contributed by atoms with Crippen LogP contribution in [-0.2, 0) is 17.3 Å². The summed E-state index contributed by atoms with van der Waals surface area (Å²) >= 11 is 3.59. The molecule has 0 heterocycles. The van der Waals surface area contributed by atoms with Gasteiger partial charge in [-0.3, -0.25) is 0 Å². The number of fused-ring (bicyclic) bond motifs is 6. The van der Waals surface area contributed by atoms with Crippen molar-refractivity contribution in [2.75, 3.05) is 5.32 Å². The van der Waals surface area contributed by atoms with Crippen molar-refractivity contribution in [2.24, 2.45) is 0 Å². The van der Waals surface area contributed by atoms with E-state index in [-0.39, 0.29) is 10.8 Å². The van der Waals surface area contributed by atoms with Gasteiger partial charge in [0.2, 0.25) is 0 Å². The van der Waals surface area contributed by atoms with E-state index in [0.717, 1.165) is 22.3 Å². The van der Waals surface area contributed by atoms with Crippen molar-refractivity contribution < 1.29 is 0 Å². The van der Waals surface area contributed by atoms with E-state index < -0.39 is 0 Å². The van der Waals surface area contributed by atoms with Gasteiger partial charge in [-0.1, -0.05) is 153 Å². The van der Waals surface area contributed by atoms with Crippen LogP contribution < -0.4 is 5.32 Å². The van der Waals surface area contributed by atoms with E-state index in [4.69, 9.17) is 0 Å². The molecule has 0 saturated heterocycles. The van der Waals surface area contributed by atoms with Gasteiger partial charge in [0.05, 0.1) is 0 Å². The molecule has 248 valence electrons. The third kappa shape index (κ3) is 5.45. The number of hydrogen-bond donors (Lipinski definition) is 1. The van der Waals surface area contributed by atoms with Crippen LogP contribution in [0.5, 0.6) is 0 Å². The van der Waals surface area contributed by atoms with Gasteiger partial charge in [0.25, 0.3) is 0 Å². The molecule has 0 fully saturated rings. The molecule has 1 aliphatic carbocycles. The lowest BCUT2D eigenvalue weighted by Crippen LogP contribution is -2.20. The van der Waals surface area contributed by atoms with E-state index in [2.05, 4.69) is 201 Å². The van der Waals surface area contributed by atoms with Crippen molar-refractivity contribution in [3.8, 4) is 22.3 Å². The van der Waals surface area contributed by atoms with Gasteiger partial charge in [-0.05, 0) is 126 Å². The van der Waals surface area contributed by atoms with E-state index in [0.29, 0.717) is 0 Å². The Kier molecular flexibility index (Phi) is 7.45. The van der Waals surface area contributed by atoms with Crippen molar-refractivity contribution in [3.63, 3.8) is 0 Å². The lowest BCUT2D eigenvalue weighted by Gasteiger charge is -2.26. The summed E-state index contributed by atoms with van der Waals surface area (Å²) in [5.74, 6) is 0. The van der Waals surface area contributed by atoms with Crippen molar-refractivity contribution in [1.29, 1.82) is 0 Å². The Morgan fingerprint density at radius 2 is 1.24 bits per heavy atom. The Morgan fingerprint density at radius 1 is 0.549 bits per heavy atom. The summed E-state index contributed by atoms with van der Waals surface area (Å²) < 4.78 is 1.12. The Bertz CT molecular complexity index is 2640. The quantitative estimate of drug-likeness (QED) is 0.180. The zero-order chi connectivity index (χ0) is 34.9. The first kappa shape index (κ1) is 31.8. The molecule has 0 radical (unpaired) electrons. The highest BCUT2D eigenvalue weighted by Gasteiger charge is 2.36. The fourth-order valence-electron chi connectivity index (χ4n) is 8.51. The Labute approximate surface area is 309 Å². The van der Waals surface area contributed by atoms with Gasteiger partial charge in [-0.15, -0.1) is 0 Å². The SMILES string of the molecule is CC(C)(Cc1ccc2cc3c(cc2c1)C(C)(C)c1ccc(Nc2ccc4ccccc4c2-c2cccc4ccccc24)cc1-3)c1ccc(Br)cc1. The van der Waals surface area contributed by atoms with Crippen LogP contribution in [0.25, 0.3) is 54.6 Å². The molecule has 51 heavy (non-hydrogen) atoms. The van der Waals surface area contributed by atoms with Crippen LogP contribution in [0, 0.1) is 0 Å². The Balaban J connectivity index is 1.10. The smallest absolute Gasteiger partial charge is 0.0470 e. The highest BCUT2D eigenvalue weighted by atomic mass is 79.9. The van der Waals surface area contributed by atoms with Crippen LogP contribution in [0.2, 0.25) is 0 Å². The molecular formula is C49H40BrN. The summed E-state index contributed by atoms with van der Waals surface area (Å²) in [6.07, 6.45) is 0.982. The molecule has 1 nitrogen and oxygen atoms in total. The molecule has 0 amide bonds. The molecule has 1 aliphatic rings. The predicted octanol–water partition coefficient (Wildman–Crippen LogP) is 14.1. The third-order valence-corrected chi connectivity index (χ3v) is 11.8. The first-order valence-corrected chi connectivity index (χ1v) is 18.7. The molecule has 0 atom stereocenters. The zero-order valence-corrected chi connectivity index (χ0v) is 31.1. The minimum absolute atomic E-state index is 0.0303. The maximum absolute atomic E-state index is 3.90. The van der Waals surface area contributed by atoms with Gasteiger partial charge < -0.3 is 5.32 Å². The van der Waals surface area contributed by atoms with Crippen molar-refractivity contribution in [1.82, 2.24) is 0 Å². The van der Waals surface area contributed by atoms with Crippen LogP contribution in [0.4, 0.5) is 11.4 Å². The summed E-state index contributed by atoms with van der Waals surface area (Å²) in [4.78, 5) is 0. The van der Waals surface area contributed by atoms with E-state index in [1.54, 1.807) is 0 Å². The van der Waals surface area contributed by atoms with E-state index in [9.17, 15) is 0 Å². The minimum atomic E-state index is -0.0961. The molecular weight excluding hydrogens is 682 g/mol. The van der Waals surface area contributed by atoms with Crippen LogP contribution in [0.3, 0.4) is 0 Å². The average Bonchev–Trinajstić information content (AvgIpc) is 3.35. The van der Waals surface area contributed by atoms with Crippen LogP contribution in [0.15, 0.2) is 156 Å². The van der Waals surface area contributed by atoms with Gasteiger partial charge in [0, 0.05) is 26.8 Å². The largest absolute Gasteiger partial charge is 0.355 e. The average molecular weight is 723 g/mol. The molecule has 8 aromatic rings. The lowest BCUT2D eigenvalue weighted by molar-refractivity contribution is 0.522. The number of rotatable bonds is 6. The second-order valence-electron chi connectivity index (χ2n) is 15.4. The highest BCUT2D eigenvalue weighted by Crippen LogP contribution is 2.51. The summed E-state index contributed by atoms with van der Waals surface area (Å²) in [7, 11) is 0. The predicted molar refractivity (Wildman–Crippen MR) is 223 cm³/mol. The van der Waals surface area contributed by atoms with Gasteiger partial charge >= 0.3 is 0 Å². The molecule has 1 N–H and O–H groups in total. The first-order chi connectivity index (χ1) is 24.7. The molecule has 0 aromatic heterocycles. The zero-order valence-electron chi connectivity index (χ0n) is 29.5. The monoisotopic (exact) mass is 721 g/mol. The van der Waals surface area contributed by atoms with Crippen molar-refractivity contribution in [2.45, 2.75) is 44.9 Å². The number of halogens is 1. The number of hydrogen-bond acceptors (Lipinski definition) is 1. The topological polar surface area (TPSA) is 12.0 Å². The molecule has 0 bridgehead atoms. The Hall–Kier alpha value is -5.18. The summed E-state index contributed by atoms with van der Waals surface area (Å²) in [6.45, 7) is 9.44. The van der Waals surface area contributed by atoms with Crippen LogP contribution >= 0.6 is 15.9 Å². The minimum Gasteiger partial charge on any atom is -0.355 e. The number of benzene rings is 8. The summed E-state index contributed by atoms with van der Waals surface area (Å²) in [5.41, 5.74) is 12.8. The lowest BCUT2D eigenvalue weighted by atomic mass is 9.78. The van der Waals surface area contributed by atoms with Crippen molar-refractivity contribution >= 4 is 59.6 Å². The maximum atomic E-state index is 3.90. The maximum Gasteiger partial charge on any atom is 0.0470 e. The van der Waals surface area contributed by atoms with Gasteiger partial charge in [-0.2, -0.15) is 0 Å². The highest BCUT2D eigenvalue weighted by molar-refractivity contribution is 9.10. The fourth-order valence-corrected chi connectivity index (χ4v) is 8.77. The van der Waals surface area contributed by atoms with Gasteiger partial charge in [0.15, 0.2) is 0 Å². The molecule has 0 aliphatic heterocycles. The second-order valence-corrected chi connectivity index (χ2v) is 16.3. The first-order valence-electron chi connectivity index (χ1n) is 17.9. The van der Waals surface area contributed by atoms with Crippen LogP contribution in [0.1, 0.15) is 49.9 Å². The standard InChI is InChI=1S/C49H40BrN/c1-48(2,36-19-21-37(50)22-20-36)30-31-16-17-34-27-42-43-29-38(23-24-44(43)49(3,4)45(42)28-35(34)26-31)51-46-25-18-33-11-6-8-14-40(33)47(46)41-15-9-12-32-10-5-7-13-39(32)41/h5-29,51H,30H2,1-4H3. The molecule has 2 heteroatoms. The molecule has 0 spiro atoms. The second kappa shape index (κ2) is 12.0. The van der Waals surface area contributed by atoms with Crippen molar-refractivity contribution in [3.05, 3.63) is 178 Å². The third-order valence-electron chi connectivity index (χ3n) is 11.2. The summed E-state index contributed by atoms with van der Waals surface area (Å²) in [5, 5.41) is 11.5. The van der Waals surface area contributed by atoms with Gasteiger partial charge in [0.1, 0.15) is 0 Å².